The first-order valence-corrected chi connectivity index (χ1v) is 6.70. The maximum absolute atomic E-state index is 10.7. The van der Waals surface area contributed by atoms with Gasteiger partial charge in [-0.05, 0) is 6.42 Å². The van der Waals surface area contributed by atoms with Gasteiger partial charge in [-0.2, -0.15) is 0 Å². The quantitative estimate of drug-likeness (QED) is 0.383. The number of carbonyl (C=O) groups is 1. The monoisotopic (exact) mass is 226 g/mol. The molecular weight excluding hydrogens is 200 g/mol. The van der Waals surface area contributed by atoms with E-state index in [1.807, 2.05) is 0 Å². The fraction of sp³-hybridized carbons (Fsp3) is 0.857. The molecule has 0 fully saturated rings. The van der Waals surface area contributed by atoms with Crippen LogP contribution in [-0.2, 0) is 9.53 Å². The van der Waals surface area contributed by atoms with E-state index in [9.17, 15) is 4.79 Å². The lowest BCUT2D eigenvalue weighted by atomic mass is 10.1. The van der Waals surface area contributed by atoms with Crippen LogP contribution in [0, 0.1) is 7.11 Å². The Kier molecular flexibility index (Phi) is 12.1. The number of carbonyl (C=O) groups excluding carboxylic acids is 1. The van der Waals surface area contributed by atoms with Gasteiger partial charge in [0.1, 0.15) is 0 Å². The van der Waals surface area contributed by atoms with Crippen molar-refractivity contribution in [1.82, 2.24) is 0 Å². The molecule has 2 radical (unpaired) electrons. The Morgan fingerprint density at radius 3 is 1.75 bits per heavy atom. The highest BCUT2D eigenvalue weighted by Crippen LogP contribution is 2.11. The van der Waals surface area contributed by atoms with Crippen LogP contribution in [0.25, 0.3) is 0 Å². The predicted molar refractivity (Wildman–Crippen MR) is 66.9 cm³/mol. The van der Waals surface area contributed by atoms with Crippen LogP contribution < -0.4 is 0 Å². The Balaban J connectivity index is 2.96. The third-order valence-corrected chi connectivity index (χ3v) is 2.87. The molecule has 0 saturated heterocycles. The molecule has 16 heavy (non-hydrogen) atoms. The first kappa shape index (κ1) is 15.5. The maximum Gasteiger partial charge on any atom is 0.306 e. The summed E-state index contributed by atoms with van der Waals surface area (Å²) in [6, 6.07) is 0. The molecule has 0 amide bonds. The second-order valence-electron chi connectivity index (χ2n) is 4.42. The van der Waals surface area contributed by atoms with Gasteiger partial charge in [0.05, 0.1) is 0 Å². The Hall–Kier alpha value is -0.530. The summed E-state index contributed by atoms with van der Waals surface area (Å²) < 4.78 is 4.09. The minimum Gasteiger partial charge on any atom is -0.454 e. The van der Waals surface area contributed by atoms with Gasteiger partial charge in [-0.1, -0.05) is 64.7 Å². The molecule has 0 spiro atoms. The molecule has 0 aromatic rings. The first-order valence-electron chi connectivity index (χ1n) is 6.70. The van der Waals surface area contributed by atoms with E-state index in [1.165, 1.54) is 51.4 Å². The fourth-order valence-electron chi connectivity index (χ4n) is 1.82. The lowest BCUT2D eigenvalue weighted by molar-refractivity contribution is -0.138. The Morgan fingerprint density at radius 1 is 0.875 bits per heavy atom. The number of esters is 1. The standard InChI is InChI=1S/C14H26O2/c1-3-4-5-6-7-8-9-10-11-12-13-14(15)16-2/h2H,3-13H2,1H3. The molecule has 0 N–H and O–H groups in total. The van der Waals surface area contributed by atoms with Crippen molar-refractivity contribution in [3.63, 3.8) is 0 Å². The maximum atomic E-state index is 10.7. The molecule has 0 atom stereocenters. The van der Waals surface area contributed by atoms with Crippen molar-refractivity contribution < 1.29 is 9.53 Å². The zero-order chi connectivity index (χ0) is 12.1. The smallest absolute Gasteiger partial charge is 0.306 e. The predicted octanol–water partition coefficient (Wildman–Crippen LogP) is 4.51. The minimum atomic E-state index is -0.292. The van der Waals surface area contributed by atoms with E-state index in [2.05, 4.69) is 11.7 Å². The van der Waals surface area contributed by atoms with E-state index in [-0.39, 0.29) is 5.97 Å². The highest BCUT2D eigenvalue weighted by molar-refractivity contribution is 5.69. The van der Waals surface area contributed by atoms with Crippen molar-refractivity contribution >= 4 is 5.97 Å². The molecular formula is C14H26O2. The van der Waals surface area contributed by atoms with Gasteiger partial charge in [-0.25, -0.2) is 0 Å². The second kappa shape index (κ2) is 12.5. The van der Waals surface area contributed by atoms with Gasteiger partial charge in [0.2, 0.25) is 0 Å². The van der Waals surface area contributed by atoms with Gasteiger partial charge in [-0.3, -0.25) is 4.79 Å². The van der Waals surface area contributed by atoms with E-state index in [0.29, 0.717) is 6.42 Å². The average Bonchev–Trinajstić information content (AvgIpc) is 2.31. The lowest BCUT2D eigenvalue weighted by Gasteiger charge is -2.01. The van der Waals surface area contributed by atoms with E-state index < -0.39 is 0 Å². The van der Waals surface area contributed by atoms with Gasteiger partial charge in [0.25, 0.3) is 0 Å². The van der Waals surface area contributed by atoms with Gasteiger partial charge in [0, 0.05) is 6.42 Å². The second-order valence-corrected chi connectivity index (χ2v) is 4.42. The summed E-state index contributed by atoms with van der Waals surface area (Å²) in [6.45, 7) is 2.24. The lowest BCUT2D eigenvalue weighted by Crippen LogP contribution is -1.97. The summed E-state index contributed by atoms with van der Waals surface area (Å²) in [4.78, 5) is 10.7. The summed E-state index contributed by atoms with van der Waals surface area (Å²) in [6.07, 6.45) is 13.2. The van der Waals surface area contributed by atoms with Gasteiger partial charge >= 0.3 is 5.97 Å². The number of unbranched alkanes of at least 4 members (excludes halogenated alkanes) is 9. The Bertz CT molecular complexity index is 155. The van der Waals surface area contributed by atoms with E-state index in [0.717, 1.165) is 12.8 Å². The zero-order valence-electron chi connectivity index (χ0n) is 10.7. The summed E-state index contributed by atoms with van der Waals surface area (Å²) in [5, 5.41) is 0. The highest BCUT2D eigenvalue weighted by Gasteiger charge is 1.99. The van der Waals surface area contributed by atoms with Crippen molar-refractivity contribution in [2.75, 3.05) is 0 Å². The largest absolute Gasteiger partial charge is 0.454 e. The van der Waals surface area contributed by atoms with Crippen molar-refractivity contribution in [2.24, 2.45) is 0 Å². The third-order valence-electron chi connectivity index (χ3n) is 2.87. The molecule has 0 aromatic heterocycles. The van der Waals surface area contributed by atoms with Crippen LogP contribution in [0.4, 0.5) is 0 Å². The fourth-order valence-corrected chi connectivity index (χ4v) is 1.82. The zero-order valence-corrected chi connectivity index (χ0v) is 10.7. The number of rotatable bonds is 11. The van der Waals surface area contributed by atoms with Crippen LogP contribution >= 0.6 is 0 Å². The first-order chi connectivity index (χ1) is 7.81. The van der Waals surface area contributed by atoms with Crippen LogP contribution in [0.5, 0.6) is 0 Å². The molecule has 0 unspecified atom stereocenters. The van der Waals surface area contributed by atoms with Crippen molar-refractivity contribution in [2.45, 2.75) is 77.6 Å². The van der Waals surface area contributed by atoms with Crippen molar-refractivity contribution in [3.8, 4) is 0 Å². The van der Waals surface area contributed by atoms with E-state index in [4.69, 9.17) is 7.11 Å². The van der Waals surface area contributed by atoms with Crippen LogP contribution in [0.1, 0.15) is 77.6 Å². The van der Waals surface area contributed by atoms with Crippen LogP contribution in [0.3, 0.4) is 0 Å². The summed E-state index contributed by atoms with van der Waals surface area (Å²) in [7, 11) is 4.74. The normalized spacial score (nSPS) is 10.4. The SMILES string of the molecule is [CH]OC(=O)CCCCCCCCCCCC. The average molecular weight is 226 g/mol. The third kappa shape index (κ3) is 11.5. The van der Waals surface area contributed by atoms with Gasteiger partial charge in [0.15, 0.2) is 7.11 Å². The molecule has 0 rings (SSSR count). The minimum absolute atomic E-state index is 0.292. The number of ether oxygens (including phenoxy) is 1. The highest BCUT2D eigenvalue weighted by atomic mass is 16.5. The molecule has 0 aromatic carbocycles. The van der Waals surface area contributed by atoms with Crippen LogP contribution in [-0.4, -0.2) is 5.97 Å². The molecule has 0 saturated carbocycles. The van der Waals surface area contributed by atoms with E-state index in [1.54, 1.807) is 0 Å². The summed E-state index contributed by atoms with van der Waals surface area (Å²) in [5.41, 5.74) is 0. The molecule has 2 nitrogen and oxygen atoms in total. The van der Waals surface area contributed by atoms with Crippen molar-refractivity contribution in [3.05, 3.63) is 7.11 Å². The van der Waals surface area contributed by atoms with Gasteiger partial charge < -0.3 is 4.74 Å². The van der Waals surface area contributed by atoms with Crippen LogP contribution in [0.2, 0.25) is 0 Å². The number of hydrogen-bond acceptors (Lipinski definition) is 2. The van der Waals surface area contributed by atoms with E-state index >= 15 is 0 Å². The molecule has 0 aliphatic carbocycles. The van der Waals surface area contributed by atoms with Crippen LogP contribution in [0.15, 0.2) is 0 Å². The van der Waals surface area contributed by atoms with Crippen molar-refractivity contribution in [1.29, 1.82) is 0 Å². The molecule has 2 heteroatoms. The summed E-state index contributed by atoms with van der Waals surface area (Å²) >= 11 is 0. The molecule has 94 valence electrons. The van der Waals surface area contributed by atoms with Gasteiger partial charge in [-0.15, -0.1) is 0 Å². The molecule has 0 aliphatic heterocycles. The number of hydrogen-bond donors (Lipinski definition) is 0. The molecule has 0 heterocycles. The topological polar surface area (TPSA) is 26.3 Å². The Labute approximate surface area is 101 Å². The summed E-state index contributed by atoms with van der Waals surface area (Å²) in [5.74, 6) is -0.292. The molecule has 0 bridgehead atoms. The molecule has 0 aliphatic rings. The Morgan fingerprint density at radius 2 is 1.31 bits per heavy atom.